The summed E-state index contributed by atoms with van der Waals surface area (Å²) in [5.74, 6) is 0.568. The Kier molecular flexibility index (Phi) is 4.73. The molecule has 0 aliphatic carbocycles. The monoisotopic (exact) mass is 408 g/mol. The van der Waals surface area contributed by atoms with E-state index in [0.29, 0.717) is 17.3 Å². The summed E-state index contributed by atoms with van der Waals surface area (Å²) < 4.78 is 28.0. The SMILES string of the molecule is CS(=O)(=O)c1ccc(C(=O)Nc2ccc(-c3nc(-c4ccccc4)n[nH]3)cc2)o1. The molecule has 0 saturated carbocycles. The predicted molar refractivity (Wildman–Crippen MR) is 107 cm³/mol. The lowest BCUT2D eigenvalue weighted by Gasteiger charge is -2.04. The maximum atomic E-state index is 12.2. The Morgan fingerprint density at radius 2 is 1.69 bits per heavy atom. The fourth-order valence-corrected chi connectivity index (χ4v) is 3.21. The summed E-state index contributed by atoms with van der Waals surface area (Å²) in [6.07, 6.45) is 1.01. The smallest absolute Gasteiger partial charge is 0.291 e. The van der Waals surface area contributed by atoms with E-state index in [0.717, 1.165) is 17.4 Å². The molecule has 2 heterocycles. The number of aromatic nitrogens is 3. The van der Waals surface area contributed by atoms with Crippen molar-refractivity contribution in [1.29, 1.82) is 0 Å². The van der Waals surface area contributed by atoms with Crippen LogP contribution in [-0.2, 0) is 9.84 Å². The molecule has 0 aliphatic rings. The van der Waals surface area contributed by atoms with E-state index in [1.807, 2.05) is 30.3 Å². The van der Waals surface area contributed by atoms with Crippen molar-refractivity contribution in [2.75, 3.05) is 11.6 Å². The Balaban J connectivity index is 1.48. The Morgan fingerprint density at radius 3 is 2.34 bits per heavy atom. The van der Waals surface area contributed by atoms with Crippen molar-refractivity contribution < 1.29 is 17.6 Å². The summed E-state index contributed by atoms with van der Waals surface area (Å²) in [4.78, 5) is 16.7. The molecule has 2 aromatic carbocycles. The molecular formula is C20H16N4O4S. The molecule has 0 saturated heterocycles. The Bertz CT molecular complexity index is 1260. The van der Waals surface area contributed by atoms with Gasteiger partial charge in [-0.25, -0.2) is 13.4 Å². The van der Waals surface area contributed by atoms with E-state index in [9.17, 15) is 13.2 Å². The molecule has 0 unspecified atom stereocenters. The summed E-state index contributed by atoms with van der Waals surface area (Å²) in [7, 11) is -3.51. The van der Waals surface area contributed by atoms with Crippen molar-refractivity contribution in [3.8, 4) is 22.8 Å². The number of sulfone groups is 1. The second-order valence-electron chi connectivity index (χ2n) is 6.30. The minimum atomic E-state index is -3.51. The second-order valence-corrected chi connectivity index (χ2v) is 8.24. The van der Waals surface area contributed by atoms with Crippen molar-refractivity contribution in [2.45, 2.75) is 5.09 Å². The number of hydrogen-bond donors (Lipinski definition) is 2. The number of carbonyl (C=O) groups is 1. The standard InChI is InChI=1S/C20H16N4O4S/c1-29(26,27)17-12-11-16(28-17)20(25)21-15-9-7-14(8-10-15)19-22-18(23-24-19)13-5-3-2-4-6-13/h2-12H,1H3,(H,21,25)(H,22,23,24). The fourth-order valence-electron chi connectivity index (χ4n) is 2.65. The van der Waals surface area contributed by atoms with Gasteiger partial charge in [0.2, 0.25) is 14.9 Å². The molecule has 8 nitrogen and oxygen atoms in total. The summed E-state index contributed by atoms with van der Waals surface area (Å²) in [6.45, 7) is 0. The quantitative estimate of drug-likeness (QED) is 0.523. The van der Waals surface area contributed by atoms with Crippen molar-refractivity contribution >= 4 is 21.4 Å². The molecule has 0 atom stereocenters. The molecule has 9 heteroatoms. The molecule has 0 aliphatic heterocycles. The first-order chi connectivity index (χ1) is 13.9. The van der Waals surface area contributed by atoms with Crippen molar-refractivity contribution in [1.82, 2.24) is 15.2 Å². The number of nitrogens with zero attached hydrogens (tertiary/aromatic N) is 2. The molecule has 4 aromatic rings. The van der Waals surface area contributed by atoms with Crippen LogP contribution in [0.3, 0.4) is 0 Å². The zero-order chi connectivity index (χ0) is 20.4. The van der Waals surface area contributed by atoms with Gasteiger partial charge < -0.3 is 9.73 Å². The number of amides is 1. The normalized spacial score (nSPS) is 11.3. The topological polar surface area (TPSA) is 118 Å². The molecule has 29 heavy (non-hydrogen) atoms. The number of H-pyrrole nitrogens is 1. The number of hydrogen-bond acceptors (Lipinski definition) is 6. The lowest BCUT2D eigenvalue weighted by molar-refractivity contribution is 0.0991. The van der Waals surface area contributed by atoms with Crippen LogP contribution in [0.1, 0.15) is 10.6 Å². The summed E-state index contributed by atoms with van der Waals surface area (Å²) in [5, 5.41) is 9.54. The number of carbonyl (C=O) groups excluding carboxylic acids is 1. The maximum Gasteiger partial charge on any atom is 0.291 e. The third-order valence-electron chi connectivity index (χ3n) is 4.10. The average molecular weight is 408 g/mol. The summed E-state index contributed by atoms with van der Waals surface area (Å²) in [6, 6.07) is 19.2. The molecule has 0 bridgehead atoms. The van der Waals surface area contributed by atoms with Crippen LogP contribution < -0.4 is 5.32 Å². The van der Waals surface area contributed by atoms with E-state index < -0.39 is 15.7 Å². The van der Waals surface area contributed by atoms with E-state index in [1.54, 1.807) is 24.3 Å². The highest BCUT2D eigenvalue weighted by molar-refractivity contribution is 7.90. The first kappa shape index (κ1) is 18.6. The van der Waals surface area contributed by atoms with E-state index >= 15 is 0 Å². The minimum absolute atomic E-state index is 0.0859. The number of furan rings is 1. The molecule has 2 N–H and O–H groups in total. The molecule has 2 aromatic heterocycles. The lowest BCUT2D eigenvalue weighted by atomic mass is 10.2. The maximum absolute atomic E-state index is 12.2. The Hall–Kier alpha value is -3.72. The molecule has 1 amide bonds. The van der Waals surface area contributed by atoms with Crippen LogP contribution in [0.2, 0.25) is 0 Å². The fraction of sp³-hybridized carbons (Fsp3) is 0.0500. The van der Waals surface area contributed by atoms with Crippen LogP contribution in [0.25, 0.3) is 22.8 Å². The van der Waals surface area contributed by atoms with E-state index in [1.165, 1.54) is 12.1 Å². The van der Waals surface area contributed by atoms with Crippen molar-refractivity contribution in [3.63, 3.8) is 0 Å². The van der Waals surface area contributed by atoms with Crippen LogP contribution in [0.5, 0.6) is 0 Å². The van der Waals surface area contributed by atoms with Gasteiger partial charge in [0, 0.05) is 23.1 Å². The largest absolute Gasteiger partial charge is 0.440 e. The zero-order valence-corrected chi connectivity index (χ0v) is 16.1. The van der Waals surface area contributed by atoms with Gasteiger partial charge in [-0.2, -0.15) is 5.10 Å². The van der Waals surface area contributed by atoms with Crippen LogP contribution in [0.4, 0.5) is 5.69 Å². The van der Waals surface area contributed by atoms with Crippen molar-refractivity contribution in [2.24, 2.45) is 0 Å². The number of aromatic amines is 1. The lowest BCUT2D eigenvalue weighted by Crippen LogP contribution is -2.10. The van der Waals surface area contributed by atoms with Crippen LogP contribution in [0.15, 0.2) is 76.2 Å². The zero-order valence-electron chi connectivity index (χ0n) is 15.3. The molecule has 4 rings (SSSR count). The molecule has 0 radical (unpaired) electrons. The first-order valence-corrected chi connectivity index (χ1v) is 10.5. The van der Waals surface area contributed by atoms with Gasteiger partial charge in [0.05, 0.1) is 0 Å². The van der Waals surface area contributed by atoms with E-state index in [-0.39, 0.29) is 10.9 Å². The average Bonchev–Trinajstić information content (AvgIpc) is 3.39. The summed E-state index contributed by atoms with van der Waals surface area (Å²) in [5.41, 5.74) is 2.24. The van der Waals surface area contributed by atoms with Gasteiger partial charge in [0.15, 0.2) is 17.4 Å². The van der Waals surface area contributed by atoms with Crippen LogP contribution in [-0.4, -0.2) is 35.8 Å². The summed E-state index contributed by atoms with van der Waals surface area (Å²) >= 11 is 0. The second kappa shape index (κ2) is 7.36. The molecule has 0 spiro atoms. The van der Waals surface area contributed by atoms with Gasteiger partial charge in [0.1, 0.15) is 0 Å². The molecule has 0 fully saturated rings. The number of rotatable bonds is 5. The first-order valence-electron chi connectivity index (χ1n) is 8.60. The van der Waals surface area contributed by atoms with E-state index in [4.69, 9.17) is 4.42 Å². The number of benzene rings is 2. The van der Waals surface area contributed by atoms with Gasteiger partial charge >= 0.3 is 0 Å². The highest BCUT2D eigenvalue weighted by atomic mass is 32.2. The van der Waals surface area contributed by atoms with Crippen LogP contribution >= 0.6 is 0 Å². The Labute approximate surface area is 166 Å². The highest BCUT2D eigenvalue weighted by Gasteiger charge is 2.17. The molecular weight excluding hydrogens is 392 g/mol. The van der Waals surface area contributed by atoms with Crippen LogP contribution in [0, 0.1) is 0 Å². The Morgan fingerprint density at radius 1 is 0.966 bits per heavy atom. The number of nitrogens with one attached hydrogen (secondary N) is 2. The number of anilines is 1. The predicted octanol–water partition coefficient (Wildman–Crippen LogP) is 3.39. The minimum Gasteiger partial charge on any atom is -0.440 e. The van der Waals surface area contributed by atoms with Gasteiger partial charge in [-0.1, -0.05) is 30.3 Å². The molecule has 146 valence electrons. The van der Waals surface area contributed by atoms with E-state index in [2.05, 4.69) is 20.5 Å². The van der Waals surface area contributed by atoms with Gasteiger partial charge in [-0.05, 0) is 36.4 Å². The van der Waals surface area contributed by atoms with Crippen molar-refractivity contribution in [3.05, 3.63) is 72.5 Å². The van der Waals surface area contributed by atoms with Gasteiger partial charge in [-0.3, -0.25) is 9.89 Å². The highest BCUT2D eigenvalue weighted by Crippen LogP contribution is 2.22. The third kappa shape index (κ3) is 4.09. The third-order valence-corrected chi connectivity index (χ3v) is 5.05. The van der Waals surface area contributed by atoms with Gasteiger partial charge in [-0.15, -0.1) is 0 Å². The van der Waals surface area contributed by atoms with Gasteiger partial charge in [0.25, 0.3) is 5.91 Å².